The molecule has 1 aliphatic carbocycles. The summed E-state index contributed by atoms with van der Waals surface area (Å²) >= 11 is 0. The quantitative estimate of drug-likeness (QED) is 0.297. The Balaban J connectivity index is 0. The van der Waals surface area contributed by atoms with E-state index in [4.69, 9.17) is 0 Å². The first-order valence-electron chi connectivity index (χ1n) is 9.50. The van der Waals surface area contributed by atoms with Crippen LogP contribution in [0.15, 0.2) is 59.8 Å². The van der Waals surface area contributed by atoms with Gasteiger partial charge in [0.15, 0.2) is 0 Å². The van der Waals surface area contributed by atoms with E-state index in [1.54, 1.807) is 5.19 Å². The molecule has 3 rings (SSSR count). The maximum absolute atomic E-state index is 3.78. The van der Waals surface area contributed by atoms with E-state index in [-0.39, 0.29) is 58.9 Å². The number of allylic oxidation sites excluding steroid dienone is 4. The molecule has 0 saturated carbocycles. The normalized spacial score (nSPS) is 14.1. The summed E-state index contributed by atoms with van der Waals surface area (Å²) in [6.45, 7) is 9.32. The minimum absolute atomic E-state index is 0. The van der Waals surface area contributed by atoms with Crippen LogP contribution in [0.2, 0.25) is 12.6 Å². The zero-order valence-electron chi connectivity index (χ0n) is 17.7. The first-order valence-corrected chi connectivity index (χ1v) is 12.2. The van der Waals surface area contributed by atoms with Gasteiger partial charge in [0.1, 0.15) is 0 Å². The molecule has 0 heterocycles. The number of hydrogen-bond acceptors (Lipinski definition) is 0. The second-order valence-electron chi connectivity index (χ2n) is 7.55. The van der Waals surface area contributed by atoms with E-state index in [0.717, 1.165) is 6.42 Å². The van der Waals surface area contributed by atoms with Crippen LogP contribution < -0.4 is 42.4 Å². The van der Waals surface area contributed by atoms with Crippen molar-refractivity contribution >= 4 is 18.8 Å². The Kier molecular flexibility index (Phi) is 14.8. The van der Waals surface area contributed by atoms with Gasteiger partial charge in [-0.25, -0.2) is 5.20 Å². The summed E-state index contributed by atoms with van der Waals surface area (Å²) in [5.74, 6) is 0. The van der Waals surface area contributed by atoms with Crippen LogP contribution in [0.3, 0.4) is 0 Å². The number of hydrogen-bond donors (Lipinski definition) is 0. The van der Waals surface area contributed by atoms with Gasteiger partial charge in [0.05, 0.1) is 8.07 Å². The van der Waals surface area contributed by atoms with E-state index in [1.165, 1.54) is 46.3 Å². The second-order valence-corrected chi connectivity index (χ2v) is 11.8. The van der Waals surface area contributed by atoms with E-state index in [0.29, 0.717) is 0 Å². The minimum atomic E-state index is -1.78. The molecule has 0 aromatic heterocycles. The van der Waals surface area contributed by atoms with Gasteiger partial charge in [0.2, 0.25) is 0 Å². The Bertz CT molecular complexity index is 798. The number of unbranched alkanes of at least 4 members (excludes halogenated alkanes) is 1. The maximum atomic E-state index is 3.78. The summed E-state index contributed by atoms with van der Waals surface area (Å²) in [6, 6.07) is 19.3. The summed E-state index contributed by atoms with van der Waals surface area (Å²) in [5.41, 5.74) is 5.55. The SMILES string of the molecule is CCCC[Si](C)(C1=[C-]CC=C1c1ccccc1)c1cc(C)cc(C)c1.[Cl-].[Cl-].[Cl-].[Ti+4]. The molecule has 29 heavy (non-hydrogen) atoms. The van der Waals surface area contributed by atoms with Gasteiger partial charge < -0.3 is 37.2 Å². The summed E-state index contributed by atoms with van der Waals surface area (Å²) in [5, 5.41) is 3.10. The molecule has 154 valence electrons. The number of rotatable bonds is 6. The van der Waals surface area contributed by atoms with Crippen LogP contribution in [-0.2, 0) is 21.7 Å². The van der Waals surface area contributed by atoms with Crippen LogP contribution in [0.4, 0.5) is 0 Å². The van der Waals surface area contributed by atoms with Crippen LogP contribution in [0.25, 0.3) is 5.57 Å². The Morgan fingerprint density at radius 2 is 1.52 bits per heavy atom. The first-order chi connectivity index (χ1) is 12.0. The second kappa shape index (κ2) is 13.9. The van der Waals surface area contributed by atoms with Crippen molar-refractivity contribution in [1.29, 1.82) is 0 Å². The van der Waals surface area contributed by atoms with Gasteiger partial charge in [0.25, 0.3) is 0 Å². The maximum Gasteiger partial charge on any atom is 4.00 e. The standard InChI is InChI=1S/C24H29Si.3ClH.Ti/c1-5-6-15-25(4,22-17-19(2)16-20(3)18-22)24-14-10-13-23(24)21-11-8-7-9-12-21;;;;/h7-9,11-13,16-18H,5-6,10,15H2,1-4H3;3*1H;/q-1;;;;+4/p-3. The Morgan fingerprint density at radius 1 is 0.931 bits per heavy atom. The fraction of sp³-hybridized carbons (Fsp3) is 0.333. The Morgan fingerprint density at radius 3 is 2.07 bits per heavy atom. The molecule has 0 saturated heterocycles. The molecular weight excluding hydrogens is 471 g/mol. The van der Waals surface area contributed by atoms with Crippen LogP contribution >= 0.6 is 0 Å². The van der Waals surface area contributed by atoms with Crippen LogP contribution in [0, 0.1) is 19.9 Å². The first kappa shape index (κ1) is 30.9. The van der Waals surface area contributed by atoms with Crippen molar-refractivity contribution in [2.45, 2.75) is 52.6 Å². The molecule has 1 atom stereocenters. The van der Waals surface area contributed by atoms with Crippen molar-refractivity contribution in [1.82, 2.24) is 0 Å². The van der Waals surface area contributed by atoms with Gasteiger partial charge in [-0.1, -0.05) is 97.2 Å². The van der Waals surface area contributed by atoms with Gasteiger partial charge >= 0.3 is 21.7 Å². The molecule has 0 amide bonds. The fourth-order valence-electron chi connectivity index (χ4n) is 4.06. The zero-order valence-corrected chi connectivity index (χ0v) is 22.5. The van der Waals surface area contributed by atoms with Gasteiger partial charge in [-0.05, 0) is 13.8 Å². The summed E-state index contributed by atoms with van der Waals surface area (Å²) in [4.78, 5) is 0. The number of aryl methyl sites for hydroxylation is 2. The number of benzene rings is 2. The summed E-state index contributed by atoms with van der Waals surface area (Å²) in [7, 11) is -1.78. The molecule has 0 spiro atoms. The van der Waals surface area contributed by atoms with E-state index < -0.39 is 8.07 Å². The average Bonchev–Trinajstić information content (AvgIpc) is 3.10. The average molecular weight is 500 g/mol. The molecule has 1 aliphatic rings. The Labute approximate surface area is 211 Å². The predicted octanol–water partition coefficient (Wildman–Crippen LogP) is -2.85. The van der Waals surface area contributed by atoms with Crippen LogP contribution in [0.1, 0.15) is 42.9 Å². The molecule has 2 aromatic rings. The van der Waals surface area contributed by atoms with Crippen molar-refractivity contribution in [3.05, 3.63) is 82.6 Å². The molecule has 0 nitrogen and oxygen atoms in total. The fourth-order valence-corrected chi connectivity index (χ4v) is 8.38. The third-order valence-electron chi connectivity index (χ3n) is 5.38. The predicted molar refractivity (Wildman–Crippen MR) is 113 cm³/mol. The van der Waals surface area contributed by atoms with Crippen molar-refractivity contribution in [3.8, 4) is 0 Å². The molecule has 1 unspecified atom stereocenters. The molecule has 0 aliphatic heterocycles. The minimum Gasteiger partial charge on any atom is -1.00 e. The van der Waals surface area contributed by atoms with E-state index in [2.05, 4.69) is 88.0 Å². The van der Waals surface area contributed by atoms with Crippen LogP contribution in [0.5, 0.6) is 0 Å². The molecule has 2 aromatic carbocycles. The van der Waals surface area contributed by atoms with Gasteiger partial charge in [-0.15, -0.1) is 12.0 Å². The largest absolute Gasteiger partial charge is 4.00 e. The molecule has 0 radical (unpaired) electrons. The Hall–Kier alpha value is -0.279. The third-order valence-corrected chi connectivity index (χ3v) is 9.85. The van der Waals surface area contributed by atoms with Gasteiger partial charge in [-0.3, -0.25) is 6.08 Å². The smallest absolute Gasteiger partial charge is 1.00 e. The zero-order chi connectivity index (χ0) is 17.9. The van der Waals surface area contributed by atoms with Crippen LogP contribution in [-0.4, -0.2) is 8.07 Å². The van der Waals surface area contributed by atoms with E-state index >= 15 is 0 Å². The van der Waals surface area contributed by atoms with Crippen molar-refractivity contribution < 1.29 is 58.9 Å². The topological polar surface area (TPSA) is 0 Å². The molecular formula is C24H29Cl3SiTi. The van der Waals surface area contributed by atoms with Crippen molar-refractivity contribution in [2.24, 2.45) is 0 Å². The molecule has 5 heteroatoms. The molecule has 0 N–H and O–H groups in total. The van der Waals surface area contributed by atoms with E-state index in [1.807, 2.05) is 0 Å². The third kappa shape index (κ3) is 7.13. The molecule has 0 bridgehead atoms. The van der Waals surface area contributed by atoms with Gasteiger partial charge in [-0.2, -0.15) is 11.6 Å². The van der Waals surface area contributed by atoms with E-state index in [9.17, 15) is 0 Å². The van der Waals surface area contributed by atoms with Crippen molar-refractivity contribution in [3.63, 3.8) is 0 Å². The summed E-state index contributed by atoms with van der Waals surface area (Å²) < 4.78 is 0. The molecule has 0 fully saturated rings. The monoisotopic (exact) mass is 498 g/mol. The number of halogens is 3. The summed E-state index contributed by atoms with van der Waals surface area (Å²) in [6.07, 6.45) is 9.66. The van der Waals surface area contributed by atoms with Crippen molar-refractivity contribution in [2.75, 3.05) is 0 Å². The van der Waals surface area contributed by atoms with Gasteiger partial charge in [0, 0.05) is 0 Å².